The van der Waals surface area contributed by atoms with E-state index in [1.54, 1.807) is 24.2 Å². The summed E-state index contributed by atoms with van der Waals surface area (Å²) in [4.78, 5) is 20.7. The molecule has 1 fully saturated rings. The molecule has 1 aliphatic heterocycles. The van der Waals surface area contributed by atoms with Crippen LogP contribution in [0.2, 0.25) is 5.02 Å². The number of ether oxygens (including phenoxy) is 4. The van der Waals surface area contributed by atoms with E-state index < -0.39 is 0 Å². The Bertz CT molecular complexity index is 1940. The highest BCUT2D eigenvalue weighted by Gasteiger charge is 2.35. The van der Waals surface area contributed by atoms with E-state index in [-0.39, 0.29) is 12.5 Å². The van der Waals surface area contributed by atoms with Crippen LogP contribution in [-0.2, 0) is 18.0 Å². The summed E-state index contributed by atoms with van der Waals surface area (Å²) >= 11 is 8.10. The van der Waals surface area contributed by atoms with Gasteiger partial charge in [0, 0.05) is 0 Å². The molecule has 1 heterocycles. The number of hydrogen-bond acceptors (Lipinski definition) is 7. The predicted octanol–water partition coefficient (Wildman–Crippen LogP) is 9.71. The minimum atomic E-state index is -0.180. The molecule has 0 atom stereocenters. The van der Waals surface area contributed by atoms with Crippen molar-refractivity contribution in [2.24, 2.45) is 4.99 Å². The second-order valence-corrected chi connectivity index (χ2v) is 12.0. The highest BCUT2D eigenvalue weighted by molar-refractivity contribution is 8.19. The lowest BCUT2D eigenvalue weighted by Gasteiger charge is -2.16. The van der Waals surface area contributed by atoms with Crippen LogP contribution in [-0.4, -0.2) is 24.8 Å². The Labute approximate surface area is 289 Å². The number of amides is 1. The Kier molecular flexibility index (Phi) is 10.6. The van der Waals surface area contributed by atoms with Crippen molar-refractivity contribution in [2.45, 2.75) is 20.1 Å². The molecule has 0 N–H and O–H groups in total. The van der Waals surface area contributed by atoms with E-state index >= 15 is 0 Å². The summed E-state index contributed by atoms with van der Waals surface area (Å²) < 4.78 is 23.8. The fourth-order valence-electron chi connectivity index (χ4n) is 5.00. The van der Waals surface area contributed by atoms with Crippen LogP contribution in [0.25, 0.3) is 6.08 Å². The topological polar surface area (TPSA) is 69.6 Å². The monoisotopic (exact) mass is 676 g/mol. The first-order valence-electron chi connectivity index (χ1n) is 15.4. The van der Waals surface area contributed by atoms with E-state index in [1.165, 1.54) is 11.8 Å². The second-order valence-electron chi connectivity index (χ2n) is 10.6. The van der Waals surface area contributed by atoms with Gasteiger partial charge in [-0.05, 0) is 90.0 Å². The van der Waals surface area contributed by atoms with Crippen molar-refractivity contribution in [3.8, 4) is 23.0 Å². The van der Waals surface area contributed by atoms with E-state index in [4.69, 9.17) is 35.5 Å². The number of methoxy groups -OCH3 is 1. The molecule has 5 aromatic carbocycles. The van der Waals surface area contributed by atoms with Crippen molar-refractivity contribution in [3.63, 3.8) is 0 Å². The van der Waals surface area contributed by atoms with Crippen molar-refractivity contribution in [3.05, 3.63) is 148 Å². The molecule has 5 aromatic rings. The Hall–Kier alpha value is -5.18. The first-order chi connectivity index (χ1) is 23.5. The van der Waals surface area contributed by atoms with Gasteiger partial charge in [-0.25, -0.2) is 4.99 Å². The molecule has 0 aromatic heterocycles. The number of amidine groups is 1. The van der Waals surface area contributed by atoms with Crippen molar-refractivity contribution in [2.75, 3.05) is 18.6 Å². The largest absolute Gasteiger partial charge is 0.493 e. The van der Waals surface area contributed by atoms with Gasteiger partial charge in [-0.1, -0.05) is 84.4 Å². The van der Waals surface area contributed by atoms with Crippen LogP contribution in [0.4, 0.5) is 11.4 Å². The summed E-state index contributed by atoms with van der Waals surface area (Å²) in [6, 6.07) is 38.3. The van der Waals surface area contributed by atoms with Gasteiger partial charge in [0.25, 0.3) is 5.91 Å². The zero-order valence-electron chi connectivity index (χ0n) is 26.5. The molecule has 0 aliphatic carbocycles. The van der Waals surface area contributed by atoms with Crippen LogP contribution >= 0.6 is 23.4 Å². The highest BCUT2D eigenvalue weighted by atomic mass is 35.5. The third-order valence-electron chi connectivity index (χ3n) is 7.28. The summed E-state index contributed by atoms with van der Waals surface area (Å²) in [6.45, 7) is 2.94. The standard InChI is InChI=1S/C39H33ClN2O5S/c1-3-45-35-23-29(24-36-38(43)42(31-17-11-6-12-18-31)39(48-36)41-30-15-9-5-10-16-30)21-32(40)37(35)47-26-28-19-20-33(34(22-28)44-2)46-25-27-13-7-4-8-14-27/h4-24H,3,25-26H2,1-2H3/b36-24+,41-39?. The summed E-state index contributed by atoms with van der Waals surface area (Å²) in [5.74, 6) is 1.94. The van der Waals surface area contributed by atoms with Crippen LogP contribution in [0.5, 0.6) is 23.0 Å². The van der Waals surface area contributed by atoms with E-state index in [9.17, 15) is 4.79 Å². The van der Waals surface area contributed by atoms with Crippen molar-refractivity contribution in [1.29, 1.82) is 0 Å². The van der Waals surface area contributed by atoms with E-state index in [0.717, 1.165) is 22.5 Å². The summed E-state index contributed by atoms with van der Waals surface area (Å²) in [5.41, 5.74) is 4.11. The zero-order chi connectivity index (χ0) is 33.3. The first-order valence-corrected chi connectivity index (χ1v) is 16.6. The van der Waals surface area contributed by atoms with Gasteiger partial charge >= 0.3 is 0 Å². The number of aliphatic imine (C=N–C) groups is 1. The number of thioether (sulfide) groups is 1. The molecule has 0 radical (unpaired) electrons. The normalized spacial score (nSPS) is 14.4. The van der Waals surface area contributed by atoms with Gasteiger partial charge < -0.3 is 18.9 Å². The number of carbonyl (C=O) groups is 1. The second kappa shape index (κ2) is 15.6. The maximum atomic E-state index is 13.8. The van der Waals surface area contributed by atoms with Gasteiger partial charge in [-0.3, -0.25) is 9.69 Å². The average molecular weight is 677 g/mol. The van der Waals surface area contributed by atoms with Crippen LogP contribution in [0.1, 0.15) is 23.6 Å². The fourth-order valence-corrected chi connectivity index (χ4v) is 6.28. The Balaban J connectivity index is 1.22. The molecule has 48 heavy (non-hydrogen) atoms. The number of hydrogen-bond donors (Lipinski definition) is 0. The molecule has 0 unspecified atom stereocenters. The molecule has 1 amide bonds. The van der Waals surface area contributed by atoms with Gasteiger partial charge in [0.05, 0.1) is 35.0 Å². The number of anilines is 1. The molecule has 0 bridgehead atoms. The van der Waals surface area contributed by atoms with Crippen LogP contribution in [0, 0.1) is 0 Å². The summed E-state index contributed by atoms with van der Waals surface area (Å²) in [5, 5.41) is 0.919. The lowest BCUT2D eigenvalue weighted by Crippen LogP contribution is -2.28. The van der Waals surface area contributed by atoms with Crippen molar-refractivity contribution < 1.29 is 23.7 Å². The number of para-hydroxylation sites is 2. The summed E-state index contributed by atoms with van der Waals surface area (Å²) in [6.07, 6.45) is 1.80. The molecule has 0 saturated carbocycles. The predicted molar refractivity (Wildman–Crippen MR) is 194 cm³/mol. The molecule has 1 aliphatic rings. The van der Waals surface area contributed by atoms with E-state index in [0.29, 0.717) is 56.9 Å². The van der Waals surface area contributed by atoms with Crippen LogP contribution in [0.15, 0.2) is 131 Å². The third kappa shape index (κ3) is 7.85. The van der Waals surface area contributed by atoms with E-state index in [2.05, 4.69) is 0 Å². The molecule has 6 rings (SSSR count). The Morgan fingerprint density at radius 1 is 0.750 bits per heavy atom. The number of rotatable bonds is 12. The zero-order valence-corrected chi connectivity index (χ0v) is 28.0. The number of halogens is 1. The fraction of sp³-hybridized carbons (Fsp3) is 0.128. The molecular formula is C39H33ClN2O5S. The minimum absolute atomic E-state index is 0.180. The number of benzene rings is 5. The molecule has 1 saturated heterocycles. The maximum absolute atomic E-state index is 13.8. The van der Waals surface area contributed by atoms with Gasteiger partial charge in [0.2, 0.25) is 0 Å². The minimum Gasteiger partial charge on any atom is -0.493 e. The SMILES string of the molecule is CCOc1cc(/C=C2/SC(=Nc3ccccc3)N(c3ccccc3)C2=O)cc(Cl)c1OCc1ccc(OCc2ccccc2)c(OC)c1. The van der Waals surface area contributed by atoms with Crippen LogP contribution in [0.3, 0.4) is 0 Å². The van der Waals surface area contributed by atoms with Crippen molar-refractivity contribution >= 4 is 51.9 Å². The molecular weight excluding hydrogens is 644 g/mol. The Morgan fingerprint density at radius 3 is 2.15 bits per heavy atom. The quantitative estimate of drug-likeness (QED) is 0.123. The first kappa shape index (κ1) is 32.7. The summed E-state index contributed by atoms with van der Waals surface area (Å²) in [7, 11) is 1.61. The van der Waals surface area contributed by atoms with E-state index in [1.807, 2.05) is 122 Å². The number of carbonyl (C=O) groups excluding carboxylic acids is 1. The third-order valence-corrected chi connectivity index (χ3v) is 8.53. The smallest absolute Gasteiger partial charge is 0.271 e. The van der Waals surface area contributed by atoms with Gasteiger partial charge in [0.15, 0.2) is 28.2 Å². The lowest BCUT2D eigenvalue weighted by molar-refractivity contribution is -0.113. The molecule has 7 nitrogen and oxygen atoms in total. The van der Waals surface area contributed by atoms with Crippen LogP contribution < -0.4 is 23.8 Å². The lowest BCUT2D eigenvalue weighted by atomic mass is 10.1. The average Bonchev–Trinajstić information content (AvgIpc) is 3.41. The highest BCUT2D eigenvalue weighted by Crippen LogP contribution is 2.41. The molecule has 242 valence electrons. The Morgan fingerprint density at radius 2 is 1.44 bits per heavy atom. The van der Waals surface area contributed by atoms with Gasteiger partial charge in [-0.15, -0.1) is 0 Å². The molecule has 0 spiro atoms. The van der Waals surface area contributed by atoms with Gasteiger partial charge in [-0.2, -0.15) is 0 Å². The maximum Gasteiger partial charge on any atom is 0.271 e. The molecule has 9 heteroatoms. The number of nitrogens with zero attached hydrogens (tertiary/aromatic N) is 2. The van der Waals surface area contributed by atoms with Gasteiger partial charge in [0.1, 0.15) is 13.2 Å². The van der Waals surface area contributed by atoms with Crippen molar-refractivity contribution in [1.82, 2.24) is 0 Å².